The summed E-state index contributed by atoms with van der Waals surface area (Å²) in [5.41, 5.74) is 2.07. The van der Waals surface area contributed by atoms with Crippen LogP contribution in [-0.2, 0) is 0 Å². The zero-order valence-corrected chi connectivity index (χ0v) is 6.23. The highest BCUT2D eigenvalue weighted by atomic mass is 35.6. The topological polar surface area (TPSA) is 23.8 Å². The first-order chi connectivity index (χ1) is 3.31. The van der Waals surface area contributed by atoms with Gasteiger partial charge in [0.25, 0.3) is 8.11 Å². The predicted molar refractivity (Wildman–Crippen MR) is 33.7 cm³/mol. The Balaban J connectivity index is 3.04. The van der Waals surface area contributed by atoms with Crippen LogP contribution in [-0.4, -0.2) is 8.11 Å². The van der Waals surface area contributed by atoms with Gasteiger partial charge in [-0.05, 0) is 6.04 Å². The molecule has 0 aromatic carbocycles. The van der Waals surface area contributed by atoms with Crippen LogP contribution in [0.3, 0.4) is 0 Å². The third-order valence-electron chi connectivity index (χ3n) is 0.682. The molecule has 0 aromatic heterocycles. The normalized spacial score (nSPS) is 12.7. The maximum absolute atomic E-state index is 8.15. The molecule has 0 amide bonds. The van der Waals surface area contributed by atoms with E-state index >= 15 is 0 Å². The maximum atomic E-state index is 8.15. The molecule has 1 unspecified atom stereocenters. The van der Waals surface area contributed by atoms with Crippen LogP contribution in [0.2, 0.25) is 6.04 Å². The van der Waals surface area contributed by atoms with Crippen LogP contribution in [0.15, 0.2) is 0 Å². The molecule has 3 heteroatoms. The minimum absolute atomic E-state index is 0.943. The highest BCUT2D eigenvalue weighted by molar-refractivity contribution is 7.11. The molecule has 0 radical (unpaired) electrons. The van der Waals surface area contributed by atoms with Gasteiger partial charge in [-0.2, -0.15) is 11.1 Å². The Kier molecular flexibility index (Phi) is 4.16. The minimum atomic E-state index is -1.40. The predicted octanol–water partition coefficient (Wildman–Crippen LogP) is 1.42. The third-order valence-corrected chi connectivity index (χ3v) is 2.99. The summed E-state index contributed by atoms with van der Waals surface area (Å²) in [6.07, 6.45) is 1.05. The second kappa shape index (κ2) is 4.16. The van der Waals surface area contributed by atoms with Crippen molar-refractivity contribution in [3.63, 3.8) is 0 Å². The van der Waals surface area contributed by atoms with Gasteiger partial charge in [0.05, 0.1) is 0 Å². The molecule has 0 fully saturated rings. The van der Waals surface area contributed by atoms with E-state index in [0.29, 0.717) is 0 Å². The van der Waals surface area contributed by atoms with Crippen LogP contribution >= 0.6 is 11.1 Å². The van der Waals surface area contributed by atoms with Crippen molar-refractivity contribution in [1.29, 1.82) is 5.26 Å². The number of rotatable bonds is 2. The zero-order valence-electron chi connectivity index (χ0n) is 4.32. The van der Waals surface area contributed by atoms with E-state index in [0.717, 1.165) is 12.5 Å². The molecule has 0 saturated heterocycles. The summed E-state index contributed by atoms with van der Waals surface area (Å²) in [5.74, 6) is 0. The number of nitrogens with zero attached hydrogens (tertiary/aromatic N) is 1. The fourth-order valence-electron chi connectivity index (χ4n) is 0.318. The van der Waals surface area contributed by atoms with Gasteiger partial charge in [0, 0.05) is 5.69 Å². The maximum Gasteiger partial charge on any atom is 0.254 e. The van der Waals surface area contributed by atoms with E-state index in [1.165, 1.54) is 0 Å². The van der Waals surface area contributed by atoms with E-state index in [1.807, 2.05) is 6.92 Å². The van der Waals surface area contributed by atoms with Crippen molar-refractivity contribution >= 4 is 19.2 Å². The molecule has 0 spiro atoms. The highest BCUT2D eigenvalue weighted by Gasteiger charge is 2.00. The number of nitriles is 1. The van der Waals surface area contributed by atoms with Gasteiger partial charge in [-0.1, -0.05) is 13.3 Å². The van der Waals surface area contributed by atoms with E-state index in [-0.39, 0.29) is 0 Å². The SMILES string of the molecule is CCC[SiH](Cl)C#N. The number of hydrogen-bond acceptors (Lipinski definition) is 1. The molecule has 0 bridgehead atoms. The number of hydrogen-bond donors (Lipinski definition) is 0. The average Bonchev–Trinajstić information content (AvgIpc) is 1.68. The van der Waals surface area contributed by atoms with Crippen molar-refractivity contribution in [3.05, 3.63) is 0 Å². The van der Waals surface area contributed by atoms with Crippen LogP contribution in [0.25, 0.3) is 0 Å². The van der Waals surface area contributed by atoms with E-state index in [1.54, 1.807) is 0 Å². The molecular formula is C4H8ClNSi. The Morgan fingerprint density at radius 2 is 2.43 bits per heavy atom. The van der Waals surface area contributed by atoms with Crippen LogP contribution in [0, 0.1) is 11.0 Å². The van der Waals surface area contributed by atoms with Crippen molar-refractivity contribution in [3.8, 4) is 5.69 Å². The molecule has 0 aliphatic heterocycles. The van der Waals surface area contributed by atoms with Crippen LogP contribution in [0.1, 0.15) is 13.3 Å². The molecule has 0 rings (SSSR count). The standard InChI is InChI=1S/C4H8ClNSi/c1-2-3-7(5)4-6/h7H,2-3H2,1H3. The Hall–Kier alpha value is -0.00312. The Morgan fingerprint density at radius 3 is 2.57 bits per heavy atom. The van der Waals surface area contributed by atoms with Crippen molar-refractivity contribution in [1.82, 2.24) is 0 Å². The minimum Gasteiger partial charge on any atom is -0.205 e. The van der Waals surface area contributed by atoms with Crippen LogP contribution in [0.5, 0.6) is 0 Å². The lowest BCUT2D eigenvalue weighted by Gasteiger charge is -1.87. The lowest BCUT2D eigenvalue weighted by atomic mass is 10.6. The molecule has 7 heavy (non-hydrogen) atoms. The first kappa shape index (κ1) is 7.00. The Labute approximate surface area is 50.2 Å². The summed E-state index contributed by atoms with van der Waals surface area (Å²) < 4.78 is 0. The van der Waals surface area contributed by atoms with Crippen molar-refractivity contribution in [2.24, 2.45) is 0 Å². The summed E-state index contributed by atoms with van der Waals surface area (Å²) in [6, 6.07) is 0.943. The molecule has 0 aliphatic rings. The molecule has 0 saturated carbocycles. The van der Waals surface area contributed by atoms with Gasteiger partial charge in [0.2, 0.25) is 0 Å². The third kappa shape index (κ3) is 3.84. The number of halogens is 1. The summed E-state index contributed by atoms with van der Waals surface area (Å²) in [7, 11) is -1.40. The van der Waals surface area contributed by atoms with Crippen molar-refractivity contribution < 1.29 is 0 Å². The van der Waals surface area contributed by atoms with E-state index in [2.05, 4.69) is 5.69 Å². The zero-order chi connectivity index (χ0) is 5.70. The molecular weight excluding hydrogens is 126 g/mol. The van der Waals surface area contributed by atoms with Crippen molar-refractivity contribution in [2.75, 3.05) is 0 Å². The van der Waals surface area contributed by atoms with Gasteiger partial charge in [0.15, 0.2) is 0 Å². The molecule has 1 atom stereocenters. The lowest BCUT2D eigenvalue weighted by molar-refractivity contribution is 1.07. The molecule has 1 nitrogen and oxygen atoms in total. The Morgan fingerprint density at radius 1 is 1.86 bits per heavy atom. The first-order valence-electron chi connectivity index (χ1n) is 2.35. The van der Waals surface area contributed by atoms with Crippen molar-refractivity contribution in [2.45, 2.75) is 19.4 Å². The molecule has 40 valence electrons. The quantitative estimate of drug-likeness (QED) is 0.413. The van der Waals surface area contributed by atoms with Gasteiger partial charge in [-0.3, -0.25) is 0 Å². The summed E-state index contributed by atoms with van der Waals surface area (Å²) in [6.45, 7) is 2.04. The fraction of sp³-hybridized carbons (Fsp3) is 0.750. The van der Waals surface area contributed by atoms with Gasteiger partial charge in [0.1, 0.15) is 0 Å². The van der Waals surface area contributed by atoms with E-state index < -0.39 is 8.11 Å². The van der Waals surface area contributed by atoms with Crippen LogP contribution < -0.4 is 0 Å². The second-order valence-corrected chi connectivity index (χ2v) is 4.74. The smallest absolute Gasteiger partial charge is 0.205 e. The monoisotopic (exact) mass is 133 g/mol. The largest absolute Gasteiger partial charge is 0.254 e. The second-order valence-electron chi connectivity index (χ2n) is 1.39. The first-order valence-corrected chi connectivity index (χ1v) is 5.49. The fourth-order valence-corrected chi connectivity index (χ4v) is 1.61. The highest BCUT2D eigenvalue weighted by Crippen LogP contribution is 1.98. The average molecular weight is 134 g/mol. The summed E-state index contributed by atoms with van der Waals surface area (Å²) in [5, 5.41) is 8.15. The summed E-state index contributed by atoms with van der Waals surface area (Å²) >= 11 is 5.54. The van der Waals surface area contributed by atoms with E-state index in [4.69, 9.17) is 16.3 Å². The molecule has 0 heterocycles. The van der Waals surface area contributed by atoms with Gasteiger partial charge >= 0.3 is 0 Å². The van der Waals surface area contributed by atoms with Gasteiger partial charge in [-0.15, -0.1) is 0 Å². The van der Waals surface area contributed by atoms with Gasteiger partial charge < -0.3 is 0 Å². The Bertz CT molecular complexity index is 78.2. The molecule has 0 aromatic rings. The van der Waals surface area contributed by atoms with Crippen LogP contribution in [0.4, 0.5) is 0 Å². The van der Waals surface area contributed by atoms with E-state index in [9.17, 15) is 0 Å². The summed E-state index contributed by atoms with van der Waals surface area (Å²) in [4.78, 5) is 0. The molecule has 0 N–H and O–H groups in total. The van der Waals surface area contributed by atoms with Gasteiger partial charge in [-0.25, -0.2) is 5.26 Å². The molecule has 0 aliphatic carbocycles. The lowest BCUT2D eigenvalue weighted by Crippen LogP contribution is -1.96.